The van der Waals surface area contributed by atoms with Crippen molar-refractivity contribution >= 4 is 29.2 Å². The first-order valence-corrected chi connectivity index (χ1v) is 9.66. The molecule has 4 heteroatoms. The van der Waals surface area contributed by atoms with Crippen molar-refractivity contribution in [2.24, 2.45) is 0 Å². The zero-order chi connectivity index (χ0) is 12.7. The number of hydrogen-bond acceptors (Lipinski definition) is 2. The Bertz CT molecular complexity index is 388. The SMILES string of the molecule is C[SiH3].O[Si](O)(c1ccccc1)c1ccccc1. The van der Waals surface area contributed by atoms with Gasteiger partial charge in [0.25, 0.3) is 0 Å². The van der Waals surface area contributed by atoms with Gasteiger partial charge in [-0.2, -0.15) is 0 Å². The van der Waals surface area contributed by atoms with Crippen LogP contribution < -0.4 is 10.4 Å². The molecule has 0 amide bonds. The maximum absolute atomic E-state index is 10.2. The molecule has 0 aliphatic rings. The molecular formula is C13H18O2Si2. The van der Waals surface area contributed by atoms with E-state index in [9.17, 15) is 9.59 Å². The smallest absolute Gasteiger partial charge is 0.401 e. The van der Waals surface area contributed by atoms with E-state index in [4.69, 9.17) is 0 Å². The summed E-state index contributed by atoms with van der Waals surface area (Å²) in [5, 5.41) is 1.22. The first-order chi connectivity index (χ1) is 8.21. The van der Waals surface area contributed by atoms with Gasteiger partial charge in [0.1, 0.15) is 0 Å². The van der Waals surface area contributed by atoms with Crippen LogP contribution in [0.25, 0.3) is 0 Å². The second-order valence-electron chi connectivity index (χ2n) is 3.40. The Morgan fingerprint density at radius 1 is 0.706 bits per heavy atom. The van der Waals surface area contributed by atoms with Crippen molar-refractivity contribution in [3.63, 3.8) is 0 Å². The van der Waals surface area contributed by atoms with Crippen LogP contribution in [0.5, 0.6) is 0 Å². The van der Waals surface area contributed by atoms with Crippen LogP contribution in [0.1, 0.15) is 0 Å². The average molecular weight is 262 g/mol. The van der Waals surface area contributed by atoms with E-state index in [0.29, 0.717) is 10.4 Å². The molecule has 0 spiro atoms. The van der Waals surface area contributed by atoms with Crippen molar-refractivity contribution in [3.05, 3.63) is 60.7 Å². The summed E-state index contributed by atoms with van der Waals surface area (Å²) in [4.78, 5) is 20.3. The Morgan fingerprint density at radius 3 is 1.29 bits per heavy atom. The van der Waals surface area contributed by atoms with Gasteiger partial charge in [0.05, 0.1) is 0 Å². The zero-order valence-electron chi connectivity index (χ0n) is 10.2. The van der Waals surface area contributed by atoms with E-state index in [2.05, 4.69) is 6.55 Å². The second-order valence-corrected chi connectivity index (χ2v) is 5.90. The predicted octanol–water partition coefficient (Wildman–Crippen LogP) is -0.373. The van der Waals surface area contributed by atoms with Gasteiger partial charge >= 0.3 is 8.56 Å². The quantitative estimate of drug-likeness (QED) is 0.725. The minimum Gasteiger partial charge on any atom is -0.404 e. The molecule has 2 aromatic rings. The van der Waals surface area contributed by atoms with Gasteiger partial charge in [-0.25, -0.2) is 0 Å². The third kappa shape index (κ3) is 3.37. The lowest BCUT2D eigenvalue weighted by molar-refractivity contribution is 0.401. The third-order valence-electron chi connectivity index (χ3n) is 2.35. The summed E-state index contributed by atoms with van der Waals surface area (Å²) in [5.41, 5.74) is 0. The predicted molar refractivity (Wildman–Crippen MR) is 78.1 cm³/mol. The van der Waals surface area contributed by atoms with Gasteiger partial charge < -0.3 is 9.59 Å². The van der Waals surface area contributed by atoms with Gasteiger partial charge in [0.15, 0.2) is 0 Å². The standard InChI is InChI=1S/C12H12O2Si.CH6Si/c13-15(14,11-7-3-1-4-8-11)12-9-5-2-6-10-12;1-2/h1-10,13-14H;1-2H3. The van der Waals surface area contributed by atoms with Crippen molar-refractivity contribution in [1.29, 1.82) is 0 Å². The van der Waals surface area contributed by atoms with Gasteiger partial charge in [-0.05, 0) is 20.6 Å². The Balaban J connectivity index is 0.000000686. The molecule has 2 aromatic carbocycles. The maximum Gasteiger partial charge on any atom is 0.401 e. The topological polar surface area (TPSA) is 40.5 Å². The van der Waals surface area contributed by atoms with Crippen LogP contribution in [0.3, 0.4) is 0 Å². The Kier molecular flexibility index (Phi) is 5.31. The van der Waals surface area contributed by atoms with Crippen LogP contribution in [0.15, 0.2) is 60.7 Å². The van der Waals surface area contributed by atoms with Crippen molar-refractivity contribution < 1.29 is 9.59 Å². The average Bonchev–Trinajstić information content (AvgIpc) is 2.43. The minimum absolute atomic E-state index is 0.608. The van der Waals surface area contributed by atoms with E-state index in [1.165, 1.54) is 10.2 Å². The lowest BCUT2D eigenvalue weighted by Gasteiger charge is -2.18. The van der Waals surface area contributed by atoms with E-state index < -0.39 is 8.56 Å². The molecule has 0 saturated heterocycles. The molecule has 0 radical (unpaired) electrons. The highest BCUT2D eigenvalue weighted by atomic mass is 28.4. The molecule has 0 saturated carbocycles. The highest BCUT2D eigenvalue weighted by Gasteiger charge is 2.33. The third-order valence-corrected chi connectivity index (χ3v) is 4.63. The number of rotatable bonds is 2. The Labute approximate surface area is 106 Å². The fraction of sp³-hybridized carbons (Fsp3) is 0.0769. The fourth-order valence-electron chi connectivity index (χ4n) is 1.51. The molecule has 2 rings (SSSR count). The zero-order valence-corrected chi connectivity index (χ0v) is 13.2. The molecule has 0 heterocycles. The maximum atomic E-state index is 10.2. The molecule has 0 bridgehead atoms. The summed E-state index contributed by atoms with van der Waals surface area (Å²) >= 11 is 0. The summed E-state index contributed by atoms with van der Waals surface area (Å²) in [6.45, 7) is 2.14. The van der Waals surface area contributed by atoms with Gasteiger partial charge in [0, 0.05) is 0 Å². The van der Waals surface area contributed by atoms with E-state index in [-0.39, 0.29) is 0 Å². The lowest BCUT2D eigenvalue weighted by atomic mass is 10.4. The van der Waals surface area contributed by atoms with Crippen LogP contribution in [-0.2, 0) is 0 Å². The molecule has 17 heavy (non-hydrogen) atoms. The van der Waals surface area contributed by atoms with E-state index >= 15 is 0 Å². The molecule has 0 aliphatic heterocycles. The summed E-state index contributed by atoms with van der Waals surface area (Å²) in [5.74, 6) is 0. The highest BCUT2D eigenvalue weighted by molar-refractivity contribution is 6.90. The van der Waals surface area contributed by atoms with E-state index in [1.807, 2.05) is 36.4 Å². The molecule has 90 valence electrons. The molecule has 0 aliphatic carbocycles. The summed E-state index contributed by atoms with van der Waals surface area (Å²) in [6.07, 6.45) is 0. The number of benzene rings is 2. The van der Waals surface area contributed by atoms with Crippen molar-refractivity contribution in [3.8, 4) is 0 Å². The normalized spacial score (nSPS) is 10.5. The van der Waals surface area contributed by atoms with Crippen LogP contribution >= 0.6 is 0 Å². The molecule has 0 atom stereocenters. The van der Waals surface area contributed by atoms with E-state index in [1.54, 1.807) is 24.3 Å². The number of hydrogen-bond donors (Lipinski definition) is 2. The Hall–Kier alpha value is -1.21. The van der Waals surface area contributed by atoms with Crippen LogP contribution in [0.2, 0.25) is 6.55 Å². The molecule has 2 nitrogen and oxygen atoms in total. The molecule has 0 fully saturated rings. The van der Waals surface area contributed by atoms with Crippen molar-refractivity contribution in [2.75, 3.05) is 0 Å². The highest BCUT2D eigenvalue weighted by Crippen LogP contribution is 1.97. The van der Waals surface area contributed by atoms with Gasteiger partial charge in [-0.15, -0.1) is 0 Å². The van der Waals surface area contributed by atoms with Crippen molar-refractivity contribution in [1.82, 2.24) is 0 Å². The first-order valence-electron chi connectivity index (χ1n) is 5.77. The van der Waals surface area contributed by atoms with Gasteiger partial charge in [-0.1, -0.05) is 67.2 Å². The summed E-state index contributed by atoms with van der Waals surface area (Å²) in [7, 11) is -2.15. The summed E-state index contributed by atoms with van der Waals surface area (Å²) in [6, 6.07) is 18.0. The van der Waals surface area contributed by atoms with E-state index in [0.717, 1.165) is 0 Å². The van der Waals surface area contributed by atoms with Gasteiger partial charge in [-0.3, -0.25) is 0 Å². The fourth-order valence-corrected chi connectivity index (χ4v) is 3.16. The lowest BCUT2D eigenvalue weighted by Crippen LogP contribution is -2.59. The monoisotopic (exact) mass is 262 g/mol. The minimum atomic E-state index is -3.46. The summed E-state index contributed by atoms with van der Waals surface area (Å²) < 4.78 is 0. The van der Waals surface area contributed by atoms with Crippen LogP contribution in [0.4, 0.5) is 0 Å². The second kappa shape index (κ2) is 6.51. The molecule has 0 aromatic heterocycles. The van der Waals surface area contributed by atoms with Crippen LogP contribution in [-0.4, -0.2) is 28.4 Å². The van der Waals surface area contributed by atoms with Gasteiger partial charge in [0.2, 0.25) is 0 Å². The molecule has 0 unspecified atom stereocenters. The first kappa shape index (κ1) is 13.9. The van der Waals surface area contributed by atoms with Crippen molar-refractivity contribution in [2.45, 2.75) is 6.55 Å². The van der Waals surface area contributed by atoms with Crippen LogP contribution in [0, 0.1) is 0 Å². The Morgan fingerprint density at radius 2 is 1.00 bits per heavy atom. The molecular weight excluding hydrogens is 244 g/mol. The largest absolute Gasteiger partial charge is 0.404 e. The molecule has 2 N–H and O–H groups in total.